The Hall–Kier alpha value is -2.62. The molecule has 0 aliphatic carbocycles. The zero-order valence-electron chi connectivity index (χ0n) is 15.6. The molecule has 1 heterocycles. The molecule has 2 aromatic carbocycles. The molecule has 4 nitrogen and oxygen atoms in total. The second-order valence-corrected chi connectivity index (χ2v) is 7.96. The van der Waals surface area contributed by atoms with Gasteiger partial charge in [0.25, 0.3) is 0 Å². The summed E-state index contributed by atoms with van der Waals surface area (Å²) in [6, 6.07) is 18.7. The van der Waals surface area contributed by atoms with Crippen LogP contribution in [-0.2, 0) is 22.6 Å². The lowest BCUT2D eigenvalue weighted by atomic mass is 9.83. The van der Waals surface area contributed by atoms with Crippen molar-refractivity contribution in [2.24, 2.45) is 5.41 Å². The fourth-order valence-corrected chi connectivity index (χ4v) is 3.36. The van der Waals surface area contributed by atoms with Crippen LogP contribution in [0.5, 0.6) is 0 Å². The van der Waals surface area contributed by atoms with Gasteiger partial charge >= 0.3 is 0 Å². The smallest absolute Gasteiger partial charge is 0.246 e. The average molecular weight is 350 g/mol. The molecule has 26 heavy (non-hydrogen) atoms. The van der Waals surface area contributed by atoms with Crippen molar-refractivity contribution in [2.45, 2.75) is 45.8 Å². The van der Waals surface area contributed by atoms with Gasteiger partial charge in [-0.25, -0.2) is 0 Å². The minimum absolute atomic E-state index is 0.0121. The molecular formula is C22H26N2O2. The number of hydrogen-bond acceptors (Lipinski definition) is 2. The Balaban J connectivity index is 1.92. The first kappa shape index (κ1) is 18.2. The molecule has 3 rings (SSSR count). The van der Waals surface area contributed by atoms with Gasteiger partial charge in [0.05, 0.1) is 0 Å². The maximum absolute atomic E-state index is 13.2. The van der Waals surface area contributed by atoms with Gasteiger partial charge in [0.1, 0.15) is 12.1 Å². The summed E-state index contributed by atoms with van der Waals surface area (Å²) in [5.41, 5.74) is 1.74. The molecule has 1 fully saturated rings. The summed E-state index contributed by atoms with van der Waals surface area (Å²) in [6.07, 6.45) is 0.516. The third-order valence-corrected chi connectivity index (χ3v) is 4.83. The summed E-state index contributed by atoms with van der Waals surface area (Å²) in [6.45, 7) is 6.38. The summed E-state index contributed by atoms with van der Waals surface area (Å²) in [7, 11) is 0. The lowest BCUT2D eigenvalue weighted by Crippen LogP contribution is -2.66. The molecule has 0 bridgehead atoms. The van der Waals surface area contributed by atoms with Crippen molar-refractivity contribution in [1.29, 1.82) is 0 Å². The third-order valence-electron chi connectivity index (χ3n) is 4.83. The number of piperazine rings is 1. The van der Waals surface area contributed by atoms with E-state index in [-0.39, 0.29) is 17.2 Å². The normalized spacial score (nSPS) is 20.8. The number of nitrogens with one attached hydrogen (secondary N) is 1. The third kappa shape index (κ3) is 3.96. The maximum atomic E-state index is 13.2. The van der Waals surface area contributed by atoms with E-state index in [1.165, 1.54) is 0 Å². The number of benzene rings is 2. The lowest BCUT2D eigenvalue weighted by molar-refractivity contribution is -0.153. The van der Waals surface area contributed by atoms with E-state index in [9.17, 15) is 9.59 Å². The monoisotopic (exact) mass is 350 g/mol. The lowest BCUT2D eigenvalue weighted by Gasteiger charge is -2.43. The van der Waals surface area contributed by atoms with Crippen molar-refractivity contribution in [1.82, 2.24) is 10.2 Å². The van der Waals surface area contributed by atoms with Crippen LogP contribution in [0.25, 0.3) is 0 Å². The first-order valence-electron chi connectivity index (χ1n) is 9.05. The van der Waals surface area contributed by atoms with Crippen LogP contribution in [-0.4, -0.2) is 28.8 Å². The van der Waals surface area contributed by atoms with Gasteiger partial charge in [-0.05, 0) is 16.5 Å². The molecule has 0 saturated carbocycles. The highest BCUT2D eigenvalue weighted by atomic mass is 16.2. The quantitative estimate of drug-likeness (QED) is 0.921. The number of amides is 2. The van der Waals surface area contributed by atoms with E-state index in [1.54, 1.807) is 4.90 Å². The molecule has 1 aliphatic heterocycles. The van der Waals surface area contributed by atoms with Crippen LogP contribution in [0.3, 0.4) is 0 Å². The molecule has 0 radical (unpaired) electrons. The first-order chi connectivity index (χ1) is 12.4. The zero-order chi connectivity index (χ0) is 18.7. The first-order valence-corrected chi connectivity index (χ1v) is 9.05. The van der Waals surface area contributed by atoms with Gasteiger partial charge in [0.2, 0.25) is 11.8 Å². The highest BCUT2D eigenvalue weighted by Gasteiger charge is 2.45. The van der Waals surface area contributed by atoms with Gasteiger partial charge in [-0.3, -0.25) is 9.59 Å². The molecule has 0 aromatic heterocycles. The van der Waals surface area contributed by atoms with E-state index in [0.29, 0.717) is 13.0 Å². The van der Waals surface area contributed by atoms with Crippen LogP contribution < -0.4 is 5.32 Å². The molecule has 1 N–H and O–H groups in total. The van der Waals surface area contributed by atoms with Gasteiger partial charge in [-0.1, -0.05) is 81.4 Å². The minimum atomic E-state index is -0.509. The molecule has 0 spiro atoms. The SMILES string of the molecule is CC(C)(C)C1NC(=O)C(Cc2ccccc2)N(Cc2ccccc2)C1=O. The summed E-state index contributed by atoms with van der Waals surface area (Å²) in [5, 5.41) is 2.96. The maximum Gasteiger partial charge on any atom is 0.246 e. The highest BCUT2D eigenvalue weighted by Crippen LogP contribution is 2.27. The van der Waals surface area contributed by atoms with E-state index in [0.717, 1.165) is 11.1 Å². The van der Waals surface area contributed by atoms with Crippen molar-refractivity contribution in [3.8, 4) is 0 Å². The average Bonchev–Trinajstić information content (AvgIpc) is 2.61. The number of carbonyl (C=O) groups excluding carboxylic acids is 2. The second kappa shape index (κ2) is 7.32. The summed E-state index contributed by atoms with van der Waals surface area (Å²) in [5.74, 6) is -0.0915. The fourth-order valence-electron chi connectivity index (χ4n) is 3.36. The standard InChI is InChI=1S/C22H26N2O2/c1-22(2,3)19-21(26)24(15-17-12-8-5-9-13-17)18(20(25)23-19)14-16-10-6-4-7-11-16/h4-13,18-19H,14-15H2,1-3H3,(H,23,25). The van der Waals surface area contributed by atoms with Crippen LogP contribution in [0.4, 0.5) is 0 Å². The van der Waals surface area contributed by atoms with Crippen molar-refractivity contribution < 1.29 is 9.59 Å². The van der Waals surface area contributed by atoms with Crippen molar-refractivity contribution in [3.05, 3.63) is 71.8 Å². The Labute approximate surface area is 155 Å². The van der Waals surface area contributed by atoms with Crippen LogP contribution in [0.2, 0.25) is 0 Å². The predicted octanol–water partition coefficient (Wildman–Crippen LogP) is 3.17. The summed E-state index contributed by atoms with van der Waals surface area (Å²) in [4.78, 5) is 27.9. The van der Waals surface area contributed by atoms with Gasteiger partial charge in [-0.2, -0.15) is 0 Å². The van der Waals surface area contributed by atoms with Gasteiger partial charge in [0, 0.05) is 13.0 Å². The Morgan fingerprint density at radius 2 is 1.42 bits per heavy atom. The molecule has 136 valence electrons. The molecule has 1 saturated heterocycles. The summed E-state index contributed by atoms with van der Waals surface area (Å²) >= 11 is 0. The fraction of sp³-hybridized carbons (Fsp3) is 0.364. The van der Waals surface area contributed by atoms with E-state index >= 15 is 0 Å². The topological polar surface area (TPSA) is 49.4 Å². The number of nitrogens with zero attached hydrogens (tertiary/aromatic N) is 1. The minimum Gasteiger partial charge on any atom is -0.342 e. The van der Waals surface area contributed by atoms with E-state index < -0.39 is 12.1 Å². The van der Waals surface area contributed by atoms with Crippen LogP contribution in [0.15, 0.2) is 60.7 Å². The van der Waals surface area contributed by atoms with E-state index in [1.807, 2.05) is 81.4 Å². The molecular weight excluding hydrogens is 324 g/mol. The predicted molar refractivity (Wildman–Crippen MR) is 102 cm³/mol. The molecule has 1 aliphatic rings. The van der Waals surface area contributed by atoms with Crippen molar-refractivity contribution in [2.75, 3.05) is 0 Å². The summed E-state index contributed by atoms with van der Waals surface area (Å²) < 4.78 is 0. The molecule has 2 atom stereocenters. The highest BCUT2D eigenvalue weighted by molar-refractivity contribution is 5.97. The Bertz CT molecular complexity index is 766. The van der Waals surface area contributed by atoms with E-state index in [2.05, 4.69) is 5.32 Å². The van der Waals surface area contributed by atoms with Gasteiger partial charge < -0.3 is 10.2 Å². The van der Waals surface area contributed by atoms with Crippen molar-refractivity contribution >= 4 is 11.8 Å². The van der Waals surface area contributed by atoms with Crippen molar-refractivity contribution in [3.63, 3.8) is 0 Å². The van der Waals surface area contributed by atoms with Gasteiger partial charge in [-0.15, -0.1) is 0 Å². The second-order valence-electron chi connectivity index (χ2n) is 7.96. The van der Waals surface area contributed by atoms with E-state index in [4.69, 9.17) is 0 Å². The largest absolute Gasteiger partial charge is 0.342 e. The van der Waals surface area contributed by atoms with Gasteiger partial charge in [0.15, 0.2) is 0 Å². The number of rotatable bonds is 4. The van der Waals surface area contributed by atoms with Crippen LogP contribution in [0, 0.1) is 5.41 Å². The number of hydrogen-bond donors (Lipinski definition) is 1. The Morgan fingerprint density at radius 1 is 0.885 bits per heavy atom. The molecule has 4 heteroatoms. The molecule has 2 amide bonds. The Morgan fingerprint density at radius 3 is 1.96 bits per heavy atom. The number of carbonyl (C=O) groups is 2. The molecule has 2 aromatic rings. The van der Waals surface area contributed by atoms with Crippen LogP contribution >= 0.6 is 0 Å². The zero-order valence-corrected chi connectivity index (χ0v) is 15.6. The Kier molecular flexibility index (Phi) is 5.12. The molecule has 2 unspecified atom stereocenters. The van der Waals surface area contributed by atoms with Crippen LogP contribution in [0.1, 0.15) is 31.9 Å².